The highest BCUT2D eigenvalue weighted by Gasteiger charge is 2.14. The zero-order chi connectivity index (χ0) is 23.2. The molecular weight excluding hydrogens is 430 g/mol. The van der Waals surface area contributed by atoms with E-state index in [2.05, 4.69) is 42.5 Å². The minimum Gasteiger partial charge on any atom is -0.438 e. The number of aromatic nitrogens is 3. The third kappa shape index (κ3) is 3.44. The lowest BCUT2D eigenvalue weighted by atomic mass is 10.0. The van der Waals surface area contributed by atoms with Crippen LogP contribution in [0.4, 0.5) is 0 Å². The molecule has 0 saturated carbocycles. The first-order valence-corrected chi connectivity index (χ1v) is 11.5. The van der Waals surface area contributed by atoms with E-state index >= 15 is 0 Å². The zero-order valence-electron chi connectivity index (χ0n) is 18.7. The molecule has 0 bridgehead atoms. The van der Waals surface area contributed by atoms with E-state index in [0.29, 0.717) is 11.5 Å². The van der Waals surface area contributed by atoms with Gasteiger partial charge in [-0.15, -0.1) is 0 Å². The highest BCUT2D eigenvalue weighted by molar-refractivity contribution is 6.08. The molecule has 4 nitrogen and oxygen atoms in total. The Morgan fingerprint density at radius 1 is 0.486 bits per heavy atom. The monoisotopic (exact) mass is 449 g/mol. The minimum absolute atomic E-state index is 0.647. The molecule has 4 heteroatoms. The fourth-order valence-electron chi connectivity index (χ4n) is 4.53. The maximum absolute atomic E-state index is 6.09. The van der Waals surface area contributed by atoms with Crippen LogP contribution in [-0.2, 0) is 0 Å². The van der Waals surface area contributed by atoms with Crippen LogP contribution in [0.1, 0.15) is 0 Å². The highest BCUT2D eigenvalue weighted by Crippen LogP contribution is 2.34. The zero-order valence-corrected chi connectivity index (χ0v) is 18.7. The summed E-state index contributed by atoms with van der Waals surface area (Å²) in [7, 11) is 0. The van der Waals surface area contributed by atoms with Crippen molar-refractivity contribution >= 4 is 33.0 Å². The molecule has 0 N–H and O–H groups in total. The molecule has 7 rings (SSSR count). The Hall–Kier alpha value is -4.83. The second-order valence-corrected chi connectivity index (χ2v) is 8.54. The van der Waals surface area contributed by atoms with Gasteiger partial charge in [0.25, 0.3) is 0 Å². The number of hydrogen-bond acceptors (Lipinski definition) is 4. The number of hydrogen-bond donors (Lipinski definition) is 0. The smallest absolute Gasteiger partial charge is 0.227 e. The summed E-state index contributed by atoms with van der Waals surface area (Å²) < 4.78 is 6.09. The summed E-state index contributed by atoms with van der Waals surface area (Å²) in [4.78, 5) is 14.6. The Kier molecular flexibility index (Phi) is 4.42. The second kappa shape index (κ2) is 7.89. The molecule has 0 spiro atoms. The summed E-state index contributed by atoms with van der Waals surface area (Å²) in [5.41, 5.74) is 7.18. The van der Waals surface area contributed by atoms with Crippen LogP contribution in [-0.4, -0.2) is 15.0 Å². The lowest BCUT2D eigenvalue weighted by molar-refractivity contribution is 0.656. The number of benzene rings is 4. The molecule has 0 amide bonds. The van der Waals surface area contributed by atoms with Crippen LogP contribution in [0.2, 0.25) is 0 Å². The summed E-state index contributed by atoms with van der Waals surface area (Å²) >= 11 is 0. The molecule has 7 aromatic rings. The van der Waals surface area contributed by atoms with Gasteiger partial charge >= 0.3 is 0 Å². The van der Waals surface area contributed by atoms with E-state index in [9.17, 15) is 0 Å². The van der Waals surface area contributed by atoms with Crippen LogP contribution in [0.3, 0.4) is 0 Å². The van der Waals surface area contributed by atoms with Gasteiger partial charge in [0.15, 0.2) is 5.82 Å². The summed E-state index contributed by atoms with van der Waals surface area (Å²) in [6.45, 7) is 0. The largest absolute Gasteiger partial charge is 0.438 e. The Morgan fingerprint density at radius 3 is 1.97 bits per heavy atom. The molecule has 3 aromatic heterocycles. The van der Waals surface area contributed by atoms with Gasteiger partial charge in [-0.25, -0.2) is 15.0 Å². The van der Waals surface area contributed by atoms with Gasteiger partial charge in [-0.2, -0.15) is 0 Å². The molecule has 164 valence electrons. The molecule has 0 aliphatic heterocycles. The van der Waals surface area contributed by atoms with Gasteiger partial charge in [0.1, 0.15) is 5.58 Å². The molecule has 4 aromatic carbocycles. The average molecular weight is 450 g/mol. The average Bonchev–Trinajstić information content (AvgIpc) is 3.29. The standard InChI is InChI=1S/C31H19N3O/c1-3-9-20(10-4-1)27-19-28(33-30(32-27)21-11-5-2-6-12-21)23-15-16-29-24(17-23)25-18-22-13-7-8-14-26(22)34-31(25)35-29/h1-19H. The molecule has 3 heterocycles. The number of nitrogens with zero attached hydrogens (tertiary/aromatic N) is 3. The normalized spacial score (nSPS) is 11.4. The van der Waals surface area contributed by atoms with Gasteiger partial charge in [0, 0.05) is 32.8 Å². The summed E-state index contributed by atoms with van der Waals surface area (Å²) in [6.07, 6.45) is 0. The van der Waals surface area contributed by atoms with Crippen molar-refractivity contribution in [2.75, 3.05) is 0 Å². The summed E-state index contributed by atoms with van der Waals surface area (Å²) in [5.74, 6) is 0.701. The van der Waals surface area contributed by atoms with Crippen molar-refractivity contribution in [2.45, 2.75) is 0 Å². The molecule has 0 saturated heterocycles. The molecule has 0 aliphatic rings. The first-order valence-electron chi connectivity index (χ1n) is 11.5. The second-order valence-electron chi connectivity index (χ2n) is 8.54. The van der Waals surface area contributed by atoms with E-state index in [1.807, 2.05) is 72.8 Å². The highest BCUT2D eigenvalue weighted by atomic mass is 16.3. The molecule has 0 aliphatic carbocycles. The van der Waals surface area contributed by atoms with Gasteiger partial charge in [0.05, 0.1) is 16.9 Å². The van der Waals surface area contributed by atoms with E-state index in [0.717, 1.165) is 55.3 Å². The van der Waals surface area contributed by atoms with Crippen LogP contribution in [0.25, 0.3) is 66.9 Å². The topological polar surface area (TPSA) is 51.8 Å². The molecule has 35 heavy (non-hydrogen) atoms. The first kappa shape index (κ1) is 19.6. The van der Waals surface area contributed by atoms with E-state index in [4.69, 9.17) is 19.4 Å². The molecule has 0 radical (unpaired) electrons. The SMILES string of the molecule is c1ccc(-c2cc(-c3ccc4oc5nc6ccccc6cc5c4c3)nc(-c3ccccc3)n2)cc1. The summed E-state index contributed by atoms with van der Waals surface area (Å²) in [5, 5.41) is 3.12. The quantitative estimate of drug-likeness (QED) is 0.275. The van der Waals surface area contributed by atoms with E-state index in [-0.39, 0.29) is 0 Å². The van der Waals surface area contributed by atoms with Crippen molar-refractivity contribution < 1.29 is 4.42 Å². The van der Waals surface area contributed by atoms with Gasteiger partial charge in [-0.3, -0.25) is 0 Å². The number of rotatable bonds is 3. The van der Waals surface area contributed by atoms with E-state index < -0.39 is 0 Å². The Balaban J connectivity index is 1.45. The lowest BCUT2D eigenvalue weighted by Crippen LogP contribution is -1.95. The van der Waals surface area contributed by atoms with Crippen LogP contribution in [0, 0.1) is 0 Å². The third-order valence-electron chi connectivity index (χ3n) is 6.29. The number of furan rings is 1. The van der Waals surface area contributed by atoms with Crippen molar-refractivity contribution in [1.82, 2.24) is 15.0 Å². The minimum atomic E-state index is 0.647. The molecule has 0 unspecified atom stereocenters. The van der Waals surface area contributed by atoms with Gasteiger partial charge < -0.3 is 4.42 Å². The van der Waals surface area contributed by atoms with Gasteiger partial charge in [-0.05, 0) is 36.4 Å². The van der Waals surface area contributed by atoms with Crippen LogP contribution in [0.5, 0.6) is 0 Å². The lowest BCUT2D eigenvalue weighted by Gasteiger charge is -2.09. The number of pyridine rings is 1. The van der Waals surface area contributed by atoms with Crippen molar-refractivity contribution in [3.05, 3.63) is 115 Å². The van der Waals surface area contributed by atoms with Crippen LogP contribution in [0.15, 0.2) is 120 Å². The van der Waals surface area contributed by atoms with Crippen LogP contribution >= 0.6 is 0 Å². The van der Waals surface area contributed by atoms with Gasteiger partial charge in [0.2, 0.25) is 5.71 Å². The van der Waals surface area contributed by atoms with E-state index in [1.165, 1.54) is 0 Å². The predicted octanol–water partition coefficient (Wildman–Crippen LogP) is 7.93. The fourth-order valence-corrected chi connectivity index (χ4v) is 4.53. The first-order chi connectivity index (χ1) is 17.3. The molecule has 0 fully saturated rings. The number of para-hydroxylation sites is 1. The fraction of sp³-hybridized carbons (Fsp3) is 0. The maximum atomic E-state index is 6.09. The number of fused-ring (bicyclic) bond motifs is 4. The Labute approximate surface area is 201 Å². The maximum Gasteiger partial charge on any atom is 0.227 e. The third-order valence-corrected chi connectivity index (χ3v) is 6.29. The van der Waals surface area contributed by atoms with E-state index in [1.54, 1.807) is 0 Å². The Morgan fingerprint density at radius 2 is 1.17 bits per heavy atom. The van der Waals surface area contributed by atoms with Crippen molar-refractivity contribution in [3.8, 4) is 33.9 Å². The van der Waals surface area contributed by atoms with Crippen molar-refractivity contribution in [2.24, 2.45) is 0 Å². The van der Waals surface area contributed by atoms with Crippen molar-refractivity contribution in [3.63, 3.8) is 0 Å². The summed E-state index contributed by atoms with van der Waals surface area (Å²) in [6, 6.07) is 38.8. The van der Waals surface area contributed by atoms with Gasteiger partial charge in [-0.1, -0.05) is 78.9 Å². The van der Waals surface area contributed by atoms with Crippen LogP contribution < -0.4 is 0 Å². The molecule has 0 atom stereocenters. The Bertz CT molecular complexity index is 1780. The molecular formula is C31H19N3O. The predicted molar refractivity (Wildman–Crippen MR) is 141 cm³/mol. The van der Waals surface area contributed by atoms with Crippen molar-refractivity contribution in [1.29, 1.82) is 0 Å².